The van der Waals surface area contributed by atoms with Crippen LogP contribution in [0.15, 0.2) is 60.0 Å². The second-order valence-corrected chi connectivity index (χ2v) is 7.06. The first-order valence-electron chi connectivity index (χ1n) is 8.65. The Bertz CT molecular complexity index is 1100. The number of hydrogen-bond donors (Lipinski definition) is 1. The highest BCUT2D eigenvalue weighted by molar-refractivity contribution is 7.17. The van der Waals surface area contributed by atoms with Gasteiger partial charge >= 0.3 is 0 Å². The van der Waals surface area contributed by atoms with Crippen LogP contribution in [0.25, 0.3) is 33.1 Å². The summed E-state index contributed by atoms with van der Waals surface area (Å²) in [5.41, 5.74) is 9.43. The summed E-state index contributed by atoms with van der Waals surface area (Å²) in [7, 11) is 1.69. The Morgan fingerprint density at radius 1 is 1.08 bits per heavy atom. The minimum absolute atomic E-state index is 0.595. The molecule has 0 unspecified atom stereocenters. The minimum Gasteiger partial charge on any atom is -0.497 e. The zero-order valence-corrected chi connectivity index (χ0v) is 15.5. The van der Waals surface area contributed by atoms with Gasteiger partial charge in [0.25, 0.3) is 0 Å². The number of ether oxygens (including phenoxy) is 1. The van der Waals surface area contributed by atoms with E-state index in [2.05, 4.69) is 70.6 Å². The van der Waals surface area contributed by atoms with Crippen LogP contribution in [-0.4, -0.2) is 13.7 Å². The molecule has 3 nitrogen and oxygen atoms in total. The van der Waals surface area contributed by atoms with E-state index in [-0.39, 0.29) is 0 Å². The van der Waals surface area contributed by atoms with Gasteiger partial charge in [0.15, 0.2) is 6.54 Å². The molecular formula is C22H21N2OS+. The summed E-state index contributed by atoms with van der Waals surface area (Å²) in [4.78, 5) is 0. The molecule has 2 aromatic carbocycles. The molecule has 26 heavy (non-hydrogen) atoms. The molecule has 4 rings (SSSR count). The standard InChI is InChI=1S/C22H21N2OS/c1-25-19-10-11-21-16(14-19)6-8-18(24(21)13-12-23)9-7-17-15-26-22-5-3-2-4-20(17)22/h2-11,14-15H,12-13,23H2,1H3/q+1/b9-7+. The lowest BCUT2D eigenvalue weighted by atomic mass is 10.1. The maximum absolute atomic E-state index is 5.87. The quantitative estimate of drug-likeness (QED) is 0.532. The molecule has 0 saturated heterocycles. The SMILES string of the molecule is COc1ccc2c(ccc(/C=C/c3csc4ccccc34)[n+]2CCN)c1. The van der Waals surface area contributed by atoms with Crippen LogP contribution in [0.3, 0.4) is 0 Å². The molecule has 2 N–H and O–H groups in total. The first kappa shape index (κ1) is 16.8. The molecule has 2 aromatic heterocycles. The van der Waals surface area contributed by atoms with Crippen molar-refractivity contribution in [3.05, 3.63) is 71.2 Å². The van der Waals surface area contributed by atoms with Crippen molar-refractivity contribution < 1.29 is 9.30 Å². The smallest absolute Gasteiger partial charge is 0.213 e. The van der Waals surface area contributed by atoms with Gasteiger partial charge in [-0.25, -0.2) is 0 Å². The molecule has 0 spiro atoms. The highest BCUT2D eigenvalue weighted by Crippen LogP contribution is 2.27. The van der Waals surface area contributed by atoms with E-state index in [1.54, 1.807) is 18.4 Å². The summed E-state index contributed by atoms with van der Waals surface area (Å²) in [6.07, 6.45) is 4.37. The Hall–Kier alpha value is -2.69. The minimum atomic E-state index is 0.595. The number of benzene rings is 2. The first-order chi connectivity index (χ1) is 12.8. The number of nitrogens with two attached hydrogens (primary N) is 1. The number of nitrogens with zero attached hydrogens (tertiary/aromatic N) is 1. The molecule has 4 aromatic rings. The lowest BCUT2D eigenvalue weighted by Crippen LogP contribution is -2.41. The Labute approximate surface area is 157 Å². The van der Waals surface area contributed by atoms with Crippen molar-refractivity contribution in [2.75, 3.05) is 13.7 Å². The summed E-state index contributed by atoms with van der Waals surface area (Å²) < 4.78 is 8.92. The van der Waals surface area contributed by atoms with Gasteiger partial charge < -0.3 is 10.5 Å². The van der Waals surface area contributed by atoms with E-state index in [1.807, 2.05) is 6.07 Å². The Balaban J connectivity index is 1.79. The highest BCUT2D eigenvalue weighted by atomic mass is 32.1. The van der Waals surface area contributed by atoms with E-state index in [4.69, 9.17) is 10.5 Å². The zero-order chi connectivity index (χ0) is 17.9. The van der Waals surface area contributed by atoms with Crippen LogP contribution in [0, 0.1) is 0 Å². The fourth-order valence-corrected chi connectivity index (χ4v) is 4.20. The van der Waals surface area contributed by atoms with Crippen LogP contribution >= 0.6 is 11.3 Å². The molecule has 0 bridgehead atoms. The second kappa shape index (κ2) is 7.28. The highest BCUT2D eigenvalue weighted by Gasteiger charge is 2.14. The van der Waals surface area contributed by atoms with Crippen molar-refractivity contribution in [2.24, 2.45) is 5.73 Å². The van der Waals surface area contributed by atoms with Gasteiger partial charge in [0.05, 0.1) is 19.0 Å². The molecule has 2 heterocycles. The fraction of sp³-hybridized carbons (Fsp3) is 0.136. The third-order valence-electron chi connectivity index (χ3n) is 4.57. The normalized spacial score (nSPS) is 11.6. The van der Waals surface area contributed by atoms with Gasteiger partial charge in [-0.1, -0.05) is 18.2 Å². The Morgan fingerprint density at radius 2 is 1.96 bits per heavy atom. The maximum atomic E-state index is 5.87. The fourth-order valence-electron chi connectivity index (χ4n) is 3.27. The van der Waals surface area contributed by atoms with Gasteiger partial charge in [0, 0.05) is 22.9 Å². The van der Waals surface area contributed by atoms with Gasteiger partial charge in [-0.2, -0.15) is 4.57 Å². The number of thiophene rings is 1. The van der Waals surface area contributed by atoms with E-state index in [0.29, 0.717) is 6.54 Å². The van der Waals surface area contributed by atoms with Gasteiger partial charge in [0.2, 0.25) is 11.2 Å². The van der Waals surface area contributed by atoms with Gasteiger partial charge in [-0.15, -0.1) is 11.3 Å². The number of pyridine rings is 1. The molecule has 0 amide bonds. The van der Waals surface area contributed by atoms with E-state index >= 15 is 0 Å². The van der Waals surface area contributed by atoms with Crippen molar-refractivity contribution in [1.82, 2.24) is 0 Å². The monoisotopic (exact) mass is 361 g/mol. The number of aromatic nitrogens is 1. The molecule has 4 heteroatoms. The second-order valence-electron chi connectivity index (χ2n) is 6.14. The van der Waals surface area contributed by atoms with Crippen LogP contribution in [0.4, 0.5) is 0 Å². The van der Waals surface area contributed by atoms with Crippen molar-refractivity contribution >= 4 is 44.5 Å². The molecule has 0 aliphatic carbocycles. The van der Waals surface area contributed by atoms with Crippen molar-refractivity contribution in [3.8, 4) is 5.75 Å². The summed E-state index contributed by atoms with van der Waals surface area (Å²) in [6.45, 7) is 1.37. The van der Waals surface area contributed by atoms with Crippen molar-refractivity contribution in [1.29, 1.82) is 0 Å². The lowest BCUT2D eigenvalue weighted by Gasteiger charge is -2.06. The van der Waals surface area contributed by atoms with Crippen LogP contribution in [0.1, 0.15) is 11.3 Å². The van der Waals surface area contributed by atoms with Gasteiger partial charge in [-0.3, -0.25) is 0 Å². The van der Waals surface area contributed by atoms with E-state index in [1.165, 1.54) is 15.6 Å². The number of rotatable bonds is 5. The molecule has 0 atom stereocenters. The first-order valence-corrected chi connectivity index (χ1v) is 9.53. The average molecular weight is 361 g/mol. The Kier molecular flexibility index (Phi) is 4.69. The van der Waals surface area contributed by atoms with Crippen LogP contribution in [0.2, 0.25) is 0 Å². The lowest BCUT2D eigenvalue weighted by molar-refractivity contribution is -0.670. The molecule has 0 aliphatic heterocycles. The molecule has 0 fully saturated rings. The average Bonchev–Trinajstić information content (AvgIpc) is 3.10. The summed E-state index contributed by atoms with van der Waals surface area (Å²) in [5.74, 6) is 0.866. The van der Waals surface area contributed by atoms with Crippen molar-refractivity contribution in [3.63, 3.8) is 0 Å². The number of hydrogen-bond acceptors (Lipinski definition) is 3. The van der Waals surface area contributed by atoms with Gasteiger partial charge in [0.1, 0.15) is 5.75 Å². The largest absolute Gasteiger partial charge is 0.497 e. The summed E-state index contributed by atoms with van der Waals surface area (Å²) >= 11 is 1.78. The Morgan fingerprint density at radius 3 is 2.81 bits per heavy atom. The third-order valence-corrected chi connectivity index (χ3v) is 5.55. The molecule has 0 saturated carbocycles. The molecule has 0 aliphatic rings. The number of fused-ring (bicyclic) bond motifs is 2. The van der Waals surface area contributed by atoms with Crippen molar-refractivity contribution in [2.45, 2.75) is 6.54 Å². The van der Waals surface area contributed by atoms with E-state index < -0.39 is 0 Å². The summed E-state index contributed by atoms with van der Waals surface area (Å²) in [6, 6.07) is 18.9. The molecule has 130 valence electrons. The van der Waals surface area contributed by atoms with Crippen LogP contribution in [0.5, 0.6) is 5.75 Å². The topological polar surface area (TPSA) is 39.1 Å². The van der Waals surface area contributed by atoms with E-state index in [0.717, 1.165) is 28.9 Å². The van der Waals surface area contributed by atoms with Crippen LogP contribution < -0.4 is 15.0 Å². The van der Waals surface area contributed by atoms with Crippen LogP contribution in [-0.2, 0) is 6.54 Å². The molecular weight excluding hydrogens is 340 g/mol. The molecule has 0 radical (unpaired) electrons. The number of methoxy groups -OCH3 is 1. The predicted molar refractivity (Wildman–Crippen MR) is 111 cm³/mol. The third kappa shape index (κ3) is 3.09. The van der Waals surface area contributed by atoms with Gasteiger partial charge in [-0.05, 0) is 46.7 Å². The zero-order valence-electron chi connectivity index (χ0n) is 14.7. The van der Waals surface area contributed by atoms with E-state index in [9.17, 15) is 0 Å². The summed E-state index contributed by atoms with van der Waals surface area (Å²) in [5, 5.41) is 4.65. The predicted octanol–water partition coefficient (Wildman–Crippen LogP) is 4.48. The maximum Gasteiger partial charge on any atom is 0.213 e.